The van der Waals surface area contributed by atoms with E-state index in [0.29, 0.717) is 5.75 Å². The van der Waals surface area contributed by atoms with Crippen molar-refractivity contribution in [1.82, 2.24) is 5.32 Å². The van der Waals surface area contributed by atoms with Gasteiger partial charge in [0.15, 0.2) is 11.6 Å². The fourth-order valence-electron chi connectivity index (χ4n) is 1.09. The van der Waals surface area contributed by atoms with Crippen LogP contribution < -0.4 is 10.1 Å². The molecule has 0 saturated carbocycles. The van der Waals surface area contributed by atoms with Crippen molar-refractivity contribution in [3.05, 3.63) is 29.8 Å². The van der Waals surface area contributed by atoms with Gasteiger partial charge >= 0.3 is 0 Å². The predicted molar refractivity (Wildman–Crippen MR) is 43.6 cm³/mol. The molecule has 1 saturated heterocycles. The molecule has 0 unspecified atom stereocenters. The number of benzene rings is 1. The van der Waals surface area contributed by atoms with E-state index >= 15 is 0 Å². The van der Waals surface area contributed by atoms with Gasteiger partial charge < -0.3 is 10.1 Å². The molecular formula is C9H9F2NO. The van der Waals surface area contributed by atoms with Crippen LogP contribution in [0.15, 0.2) is 18.2 Å². The first kappa shape index (κ1) is 8.44. The van der Waals surface area contributed by atoms with E-state index in [0.717, 1.165) is 25.2 Å². The van der Waals surface area contributed by atoms with Gasteiger partial charge in [0.25, 0.3) is 0 Å². The van der Waals surface area contributed by atoms with Crippen molar-refractivity contribution in [3.8, 4) is 5.75 Å². The zero-order chi connectivity index (χ0) is 9.26. The molecule has 1 heterocycles. The molecular weight excluding hydrogens is 176 g/mol. The normalized spacial score (nSPS) is 16.8. The summed E-state index contributed by atoms with van der Waals surface area (Å²) in [4.78, 5) is 0. The molecule has 0 spiro atoms. The Morgan fingerprint density at radius 3 is 2.54 bits per heavy atom. The van der Waals surface area contributed by atoms with Crippen LogP contribution in [0.25, 0.3) is 0 Å². The molecule has 0 aliphatic carbocycles. The molecule has 0 radical (unpaired) electrons. The molecule has 1 aromatic carbocycles. The lowest BCUT2D eigenvalue weighted by atomic mass is 10.2. The van der Waals surface area contributed by atoms with E-state index in [-0.39, 0.29) is 6.10 Å². The van der Waals surface area contributed by atoms with E-state index in [1.807, 2.05) is 0 Å². The van der Waals surface area contributed by atoms with Crippen LogP contribution in [-0.2, 0) is 0 Å². The van der Waals surface area contributed by atoms with Crippen LogP contribution in [0.1, 0.15) is 0 Å². The van der Waals surface area contributed by atoms with Gasteiger partial charge in [0, 0.05) is 19.2 Å². The highest BCUT2D eigenvalue weighted by Gasteiger charge is 2.18. The average molecular weight is 185 g/mol. The Labute approximate surface area is 74.5 Å². The average Bonchev–Trinajstić information content (AvgIpc) is 2.04. The maximum atomic E-state index is 12.7. The number of halogens is 2. The van der Waals surface area contributed by atoms with Crippen LogP contribution in [-0.4, -0.2) is 19.2 Å². The topological polar surface area (TPSA) is 21.3 Å². The molecule has 1 aliphatic rings. The molecule has 1 fully saturated rings. The second kappa shape index (κ2) is 3.30. The summed E-state index contributed by atoms with van der Waals surface area (Å²) in [5, 5.41) is 3.01. The van der Waals surface area contributed by atoms with Crippen molar-refractivity contribution >= 4 is 0 Å². The molecule has 1 N–H and O–H groups in total. The lowest BCUT2D eigenvalue weighted by Gasteiger charge is -2.27. The molecule has 2 rings (SSSR count). The second-order valence-electron chi connectivity index (χ2n) is 2.97. The number of hydrogen-bond acceptors (Lipinski definition) is 2. The van der Waals surface area contributed by atoms with Crippen LogP contribution in [0.3, 0.4) is 0 Å². The van der Waals surface area contributed by atoms with Gasteiger partial charge in [-0.05, 0) is 12.1 Å². The van der Waals surface area contributed by atoms with E-state index in [4.69, 9.17) is 4.74 Å². The van der Waals surface area contributed by atoms with Crippen molar-refractivity contribution < 1.29 is 13.5 Å². The van der Waals surface area contributed by atoms with Gasteiger partial charge in [-0.2, -0.15) is 0 Å². The standard InChI is InChI=1S/C9H9F2NO/c10-8-2-1-6(3-9(8)11)13-7-4-12-5-7/h1-3,7,12H,4-5H2. The van der Waals surface area contributed by atoms with Crippen LogP contribution >= 0.6 is 0 Å². The summed E-state index contributed by atoms with van der Waals surface area (Å²) in [5.41, 5.74) is 0. The fourth-order valence-corrected chi connectivity index (χ4v) is 1.09. The molecule has 0 atom stereocenters. The molecule has 70 valence electrons. The van der Waals surface area contributed by atoms with Gasteiger partial charge in [-0.15, -0.1) is 0 Å². The van der Waals surface area contributed by atoms with Crippen molar-refractivity contribution in [1.29, 1.82) is 0 Å². The highest BCUT2D eigenvalue weighted by Crippen LogP contribution is 2.17. The van der Waals surface area contributed by atoms with Gasteiger partial charge in [-0.3, -0.25) is 0 Å². The summed E-state index contributed by atoms with van der Waals surface area (Å²) in [6.07, 6.45) is 0.0878. The van der Waals surface area contributed by atoms with Gasteiger partial charge in [0.2, 0.25) is 0 Å². The summed E-state index contributed by atoms with van der Waals surface area (Å²) in [7, 11) is 0. The zero-order valence-electron chi connectivity index (χ0n) is 6.89. The maximum absolute atomic E-state index is 12.7. The van der Waals surface area contributed by atoms with Crippen LogP contribution in [0, 0.1) is 11.6 Å². The van der Waals surface area contributed by atoms with E-state index in [9.17, 15) is 8.78 Å². The number of ether oxygens (including phenoxy) is 1. The molecule has 13 heavy (non-hydrogen) atoms. The van der Waals surface area contributed by atoms with Crippen molar-refractivity contribution in [2.24, 2.45) is 0 Å². The number of hydrogen-bond donors (Lipinski definition) is 1. The van der Waals surface area contributed by atoms with Crippen molar-refractivity contribution in [2.45, 2.75) is 6.10 Å². The zero-order valence-corrected chi connectivity index (χ0v) is 6.89. The minimum atomic E-state index is -0.871. The van der Waals surface area contributed by atoms with Gasteiger partial charge in [-0.1, -0.05) is 0 Å². The first-order chi connectivity index (χ1) is 6.25. The quantitative estimate of drug-likeness (QED) is 0.750. The second-order valence-corrected chi connectivity index (χ2v) is 2.97. The van der Waals surface area contributed by atoms with Crippen molar-refractivity contribution in [2.75, 3.05) is 13.1 Å². The highest BCUT2D eigenvalue weighted by atomic mass is 19.2. The predicted octanol–water partition coefficient (Wildman–Crippen LogP) is 1.32. The molecule has 0 bridgehead atoms. The largest absolute Gasteiger partial charge is 0.488 e. The Balaban J connectivity index is 2.07. The first-order valence-corrected chi connectivity index (χ1v) is 4.08. The molecule has 1 aromatic rings. The Kier molecular flexibility index (Phi) is 2.14. The van der Waals surface area contributed by atoms with Gasteiger partial charge in [0.1, 0.15) is 11.9 Å². The summed E-state index contributed by atoms with van der Waals surface area (Å²) < 4.78 is 30.5. The smallest absolute Gasteiger partial charge is 0.162 e. The van der Waals surface area contributed by atoms with Gasteiger partial charge in [0.05, 0.1) is 0 Å². The Bertz CT molecular complexity index is 312. The Morgan fingerprint density at radius 2 is 2.00 bits per heavy atom. The maximum Gasteiger partial charge on any atom is 0.162 e. The molecule has 4 heteroatoms. The van der Waals surface area contributed by atoms with E-state index in [2.05, 4.69) is 5.32 Å². The molecule has 0 aromatic heterocycles. The first-order valence-electron chi connectivity index (χ1n) is 4.08. The highest BCUT2D eigenvalue weighted by molar-refractivity contribution is 5.24. The van der Waals surface area contributed by atoms with E-state index in [1.54, 1.807) is 0 Å². The molecule has 2 nitrogen and oxygen atoms in total. The minimum absolute atomic E-state index is 0.0878. The van der Waals surface area contributed by atoms with Crippen LogP contribution in [0.5, 0.6) is 5.75 Å². The molecule has 1 aliphatic heterocycles. The van der Waals surface area contributed by atoms with Gasteiger partial charge in [-0.25, -0.2) is 8.78 Å². The number of rotatable bonds is 2. The Morgan fingerprint density at radius 1 is 1.23 bits per heavy atom. The summed E-state index contributed by atoms with van der Waals surface area (Å²) in [6.45, 7) is 1.53. The summed E-state index contributed by atoms with van der Waals surface area (Å²) in [6, 6.07) is 3.56. The summed E-state index contributed by atoms with van der Waals surface area (Å²) >= 11 is 0. The lowest BCUT2D eigenvalue weighted by Crippen LogP contribution is -2.50. The lowest BCUT2D eigenvalue weighted by molar-refractivity contribution is 0.141. The van der Waals surface area contributed by atoms with E-state index < -0.39 is 11.6 Å². The van der Waals surface area contributed by atoms with Crippen molar-refractivity contribution in [3.63, 3.8) is 0 Å². The Hall–Kier alpha value is -1.16. The third-order valence-electron chi connectivity index (χ3n) is 1.94. The molecule has 0 amide bonds. The third-order valence-corrected chi connectivity index (χ3v) is 1.94. The fraction of sp³-hybridized carbons (Fsp3) is 0.333. The van der Waals surface area contributed by atoms with E-state index in [1.165, 1.54) is 6.07 Å². The van der Waals surface area contributed by atoms with Crippen LogP contribution in [0.2, 0.25) is 0 Å². The number of nitrogens with one attached hydrogen (secondary N) is 1. The van der Waals surface area contributed by atoms with Crippen LogP contribution in [0.4, 0.5) is 8.78 Å². The summed E-state index contributed by atoms with van der Waals surface area (Å²) in [5.74, 6) is -1.34. The SMILES string of the molecule is Fc1ccc(OC2CNC2)cc1F. The minimum Gasteiger partial charge on any atom is -0.488 e. The monoisotopic (exact) mass is 185 g/mol. The third kappa shape index (κ3) is 1.78.